The van der Waals surface area contributed by atoms with E-state index in [9.17, 15) is 4.21 Å². The van der Waals surface area contributed by atoms with Gasteiger partial charge in [-0.2, -0.15) is 5.10 Å². The van der Waals surface area contributed by atoms with Gasteiger partial charge in [-0.05, 0) is 58.4 Å². The highest BCUT2D eigenvalue weighted by atomic mass is 32.2. The second kappa shape index (κ2) is 9.69. The normalized spacial score (nSPS) is 14.6. The van der Waals surface area contributed by atoms with Crippen molar-refractivity contribution in [2.24, 2.45) is 4.99 Å². The molecule has 0 amide bonds. The zero-order valence-corrected chi connectivity index (χ0v) is 17.7. The van der Waals surface area contributed by atoms with Gasteiger partial charge in [0.1, 0.15) is 0 Å². The first kappa shape index (κ1) is 21.2. The monoisotopic (exact) mass is 389 g/mol. The van der Waals surface area contributed by atoms with Crippen LogP contribution in [0.25, 0.3) is 5.69 Å². The molecule has 2 atom stereocenters. The topological polar surface area (TPSA) is 71.3 Å². The highest BCUT2D eigenvalue weighted by molar-refractivity contribution is 7.86. The average molecular weight is 390 g/mol. The van der Waals surface area contributed by atoms with Gasteiger partial charge in [0.2, 0.25) is 0 Å². The Kier molecular flexibility index (Phi) is 7.59. The molecule has 1 aromatic heterocycles. The Hall–Kier alpha value is -2.15. The molecule has 6 nitrogen and oxygen atoms in total. The molecule has 0 fully saturated rings. The second-order valence-electron chi connectivity index (χ2n) is 7.33. The van der Waals surface area contributed by atoms with Gasteiger partial charge < -0.3 is 10.6 Å². The van der Waals surface area contributed by atoms with Crippen molar-refractivity contribution < 1.29 is 4.21 Å². The molecular weight excluding hydrogens is 358 g/mol. The van der Waals surface area contributed by atoms with E-state index < -0.39 is 10.8 Å². The molecule has 2 aromatic rings. The first-order valence-corrected chi connectivity index (χ1v) is 10.7. The lowest BCUT2D eigenvalue weighted by molar-refractivity contribution is 0.648. The highest BCUT2D eigenvalue weighted by Gasteiger charge is 2.18. The second-order valence-corrected chi connectivity index (χ2v) is 9.66. The Morgan fingerprint density at radius 2 is 2.11 bits per heavy atom. The third kappa shape index (κ3) is 6.50. The molecular formula is C20H31N5OS. The van der Waals surface area contributed by atoms with Gasteiger partial charge >= 0.3 is 0 Å². The minimum atomic E-state index is -0.899. The summed E-state index contributed by atoms with van der Waals surface area (Å²) in [7, 11) is -0.899. The van der Waals surface area contributed by atoms with E-state index in [1.165, 1.54) is 0 Å². The maximum Gasteiger partial charge on any atom is 0.191 e. The van der Waals surface area contributed by atoms with E-state index in [1.807, 2.05) is 56.8 Å². The van der Waals surface area contributed by atoms with Crippen molar-refractivity contribution in [3.8, 4) is 5.69 Å². The van der Waals surface area contributed by atoms with Crippen LogP contribution in [0.15, 0.2) is 47.7 Å². The minimum absolute atomic E-state index is 0.0754. The zero-order chi connectivity index (χ0) is 19.9. The summed E-state index contributed by atoms with van der Waals surface area (Å²) in [6.45, 7) is 11.4. The standard InChI is InChI=1S/C20H31N5OS/c1-6-21-19(22-12-14-27(26)20(3,4)5)24-16(2)17-9-7-10-18(15-17)25-13-8-11-23-25/h7-11,13,15-16H,6,12,14H2,1-5H3,(H2,21,22,24). The van der Waals surface area contributed by atoms with Crippen molar-refractivity contribution in [2.75, 3.05) is 18.8 Å². The fourth-order valence-electron chi connectivity index (χ4n) is 2.51. The average Bonchev–Trinajstić information content (AvgIpc) is 3.15. The smallest absolute Gasteiger partial charge is 0.191 e. The Bertz CT molecular complexity index is 765. The molecule has 2 rings (SSSR count). The molecule has 0 aliphatic heterocycles. The molecule has 2 unspecified atom stereocenters. The van der Waals surface area contributed by atoms with E-state index in [4.69, 9.17) is 0 Å². The van der Waals surface area contributed by atoms with Crippen LogP contribution in [0.3, 0.4) is 0 Å². The van der Waals surface area contributed by atoms with Crippen LogP contribution in [0.4, 0.5) is 0 Å². The summed E-state index contributed by atoms with van der Waals surface area (Å²) < 4.78 is 13.8. The molecule has 0 bridgehead atoms. The number of hydrogen-bond acceptors (Lipinski definition) is 3. The Morgan fingerprint density at radius 3 is 2.74 bits per heavy atom. The summed E-state index contributed by atoms with van der Waals surface area (Å²) in [5, 5.41) is 11.0. The maximum absolute atomic E-state index is 12.2. The summed E-state index contributed by atoms with van der Waals surface area (Å²) in [4.78, 5) is 4.59. The summed E-state index contributed by atoms with van der Waals surface area (Å²) in [5.41, 5.74) is 2.17. The van der Waals surface area contributed by atoms with E-state index in [2.05, 4.69) is 39.8 Å². The Balaban J connectivity index is 2.04. The van der Waals surface area contributed by atoms with Gasteiger partial charge in [0.15, 0.2) is 5.96 Å². The van der Waals surface area contributed by atoms with Crippen LogP contribution in [0.2, 0.25) is 0 Å². The van der Waals surface area contributed by atoms with E-state index in [1.54, 1.807) is 6.20 Å². The van der Waals surface area contributed by atoms with Gasteiger partial charge in [-0.25, -0.2) is 4.68 Å². The number of hydrogen-bond donors (Lipinski definition) is 2. The first-order chi connectivity index (χ1) is 12.8. The van der Waals surface area contributed by atoms with Gasteiger partial charge in [-0.15, -0.1) is 0 Å². The summed E-state index contributed by atoms with van der Waals surface area (Å²) >= 11 is 0. The lowest BCUT2D eigenvalue weighted by atomic mass is 10.1. The van der Waals surface area contributed by atoms with Gasteiger partial charge in [0, 0.05) is 40.2 Å². The maximum atomic E-state index is 12.2. The zero-order valence-electron chi connectivity index (χ0n) is 16.9. The number of nitrogens with one attached hydrogen (secondary N) is 2. The molecule has 1 aromatic carbocycles. The van der Waals surface area contributed by atoms with Gasteiger partial charge in [0.25, 0.3) is 0 Å². The highest BCUT2D eigenvalue weighted by Crippen LogP contribution is 2.16. The number of benzene rings is 1. The quantitative estimate of drug-likeness (QED) is 0.564. The van der Waals surface area contributed by atoms with E-state index in [-0.39, 0.29) is 10.8 Å². The van der Waals surface area contributed by atoms with Crippen molar-refractivity contribution in [1.82, 2.24) is 20.4 Å². The fraction of sp³-hybridized carbons (Fsp3) is 0.500. The van der Waals surface area contributed by atoms with Crippen LogP contribution in [0.5, 0.6) is 0 Å². The van der Waals surface area contributed by atoms with Crippen LogP contribution in [-0.4, -0.2) is 43.5 Å². The van der Waals surface area contributed by atoms with Crippen LogP contribution >= 0.6 is 0 Å². The van der Waals surface area contributed by atoms with Crippen molar-refractivity contribution >= 4 is 16.8 Å². The molecule has 0 saturated carbocycles. The molecule has 7 heteroatoms. The van der Waals surface area contributed by atoms with Crippen LogP contribution < -0.4 is 10.6 Å². The van der Waals surface area contributed by atoms with Crippen LogP contribution in [-0.2, 0) is 10.8 Å². The lowest BCUT2D eigenvalue weighted by Crippen LogP contribution is -2.39. The predicted molar refractivity (Wildman–Crippen MR) is 114 cm³/mol. The first-order valence-electron chi connectivity index (χ1n) is 9.34. The third-order valence-electron chi connectivity index (χ3n) is 4.07. The molecule has 27 heavy (non-hydrogen) atoms. The fourth-order valence-corrected chi connectivity index (χ4v) is 3.38. The Labute approximate surface area is 164 Å². The van der Waals surface area contributed by atoms with Crippen molar-refractivity contribution in [3.63, 3.8) is 0 Å². The molecule has 0 saturated heterocycles. The summed E-state index contributed by atoms with van der Waals surface area (Å²) in [6, 6.07) is 10.2. The number of nitrogens with zero attached hydrogens (tertiary/aromatic N) is 3. The summed E-state index contributed by atoms with van der Waals surface area (Å²) in [6.07, 6.45) is 3.70. The van der Waals surface area contributed by atoms with E-state index >= 15 is 0 Å². The molecule has 2 N–H and O–H groups in total. The van der Waals surface area contributed by atoms with Gasteiger partial charge in [0.05, 0.1) is 18.3 Å². The van der Waals surface area contributed by atoms with Crippen LogP contribution in [0, 0.1) is 0 Å². The largest absolute Gasteiger partial charge is 0.357 e. The predicted octanol–water partition coefficient (Wildman–Crippen LogP) is 3.04. The lowest BCUT2D eigenvalue weighted by Gasteiger charge is -2.20. The van der Waals surface area contributed by atoms with Gasteiger partial charge in [-0.3, -0.25) is 9.20 Å². The van der Waals surface area contributed by atoms with Gasteiger partial charge in [-0.1, -0.05) is 12.1 Å². The number of aromatic nitrogens is 2. The Morgan fingerprint density at radius 1 is 1.33 bits per heavy atom. The van der Waals surface area contributed by atoms with Crippen molar-refractivity contribution in [3.05, 3.63) is 48.3 Å². The third-order valence-corrected chi connectivity index (χ3v) is 5.99. The van der Waals surface area contributed by atoms with E-state index in [0.29, 0.717) is 12.3 Å². The van der Waals surface area contributed by atoms with E-state index in [0.717, 1.165) is 23.8 Å². The number of aliphatic imine (C=N–C) groups is 1. The van der Waals surface area contributed by atoms with Crippen molar-refractivity contribution in [2.45, 2.75) is 45.4 Å². The molecule has 0 aliphatic carbocycles. The summed E-state index contributed by atoms with van der Waals surface area (Å²) in [5.74, 6) is 1.30. The number of guanidine groups is 1. The molecule has 148 valence electrons. The SMILES string of the molecule is CCNC(=NCCS(=O)C(C)(C)C)NC(C)c1cccc(-n2cccn2)c1. The minimum Gasteiger partial charge on any atom is -0.357 e. The molecule has 1 heterocycles. The molecule has 0 aliphatic rings. The molecule has 0 radical (unpaired) electrons. The molecule has 0 spiro atoms. The van der Waals surface area contributed by atoms with Crippen LogP contribution in [0.1, 0.15) is 46.2 Å². The number of rotatable bonds is 7. The van der Waals surface area contributed by atoms with Crippen molar-refractivity contribution in [1.29, 1.82) is 0 Å².